The summed E-state index contributed by atoms with van der Waals surface area (Å²) in [4.78, 5) is 161. The molecule has 0 spiro atoms. The van der Waals surface area contributed by atoms with Crippen LogP contribution in [0.5, 0.6) is 0 Å². The largest absolute Gasteiger partial charge is 0.269 e. The maximum Gasteiger partial charge on any atom is 0.269 e. The van der Waals surface area contributed by atoms with E-state index >= 15 is 0 Å². The van der Waals surface area contributed by atoms with E-state index in [1.165, 1.54) is 181 Å². The Labute approximate surface area is 881 Å². The summed E-state index contributed by atoms with van der Waals surface area (Å²) in [7, 11) is 39.5. The van der Waals surface area contributed by atoms with Crippen molar-refractivity contribution in [3.63, 3.8) is 0 Å². The number of unbranched alkanes of at least 4 members (excludes halogenated alkanes) is 8. The number of amides is 8. The van der Waals surface area contributed by atoms with Gasteiger partial charge in [0, 0.05) is 160 Å². The molecule has 145 heavy (non-hydrogen) atoms. The van der Waals surface area contributed by atoms with Gasteiger partial charge in [0.2, 0.25) is 0 Å². The van der Waals surface area contributed by atoms with Gasteiger partial charge in [-0.05, 0) is 70.1 Å². The second-order valence-electron chi connectivity index (χ2n) is 38.1. The Morgan fingerprint density at radius 1 is 0.297 bits per heavy atom. The molecule has 0 aromatic heterocycles. The van der Waals surface area contributed by atoms with Crippen LogP contribution in [0.2, 0.25) is 35.5 Å². The van der Waals surface area contributed by atoms with Gasteiger partial charge in [0.15, 0.2) is 0 Å². The molecular formula is C104H101B13BrN8O16Sn3. The first-order valence-corrected chi connectivity index (χ1v) is 70.0. The first-order chi connectivity index (χ1) is 69.7. The van der Waals surface area contributed by atoms with Crippen molar-refractivity contribution >= 4 is 353 Å². The Morgan fingerprint density at radius 2 is 0.531 bits per heavy atom. The van der Waals surface area contributed by atoms with Crippen LogP contribution in [0.3, 0.4) is 0 Å². The molecular weight excluding hydrogens is 2190 g/mol. The van der Waals surface area contributed by atoms with Crippen molar-refractivity contribution in [2.45, 2.75) is 194 Å². The van der Waals surface area contributed by atoms with Crippen LogP contribution in [0, 0.1) is 40.5 Å². The molecule has 5 aliphatic heterocycles. The molecule has 14 aromatic carbocycles. The third kappa shape index (κ3) is 20.7. The van der Waals surface area contributed by atoms with Crippen molar-refractivity contribution in [3.05, 3.63) is 265 Å². The van der Waals surface area contributed by atoms with Gasteiger partial charge >= 0.3 is 514 Å². The number of hydrogen-bond donors (Lipinski definition) is 0. The third-order valence-electron chi connectivity index (χ3n) is 29.1. The van der Waals surface area contributed by atoms with Gasteiger partial charge in [-0.3, -0.25) is 39.4 Å². The van der Waals surface area contributed by atoms with E-state index in [9.17, 15) is 78.8 Å². The maximum absolute atomic E-state index is 14.8. The van der Waals surface area contributed by atoms with Gasteiger partial charge < -0.3 is 0 Å². The topological polar surface area (TPSA) is 322 Å². The van der Waals surface area contributed by atoms with E-state index in [1.807, 2.05) is 24.3 Å². The number of hydrogen-bond acceptors (Lipinski definition) is 16. The molecule has 0 saturated heterocycles. The number of rotatable bonds is 37. The zero-order valence-electron chi connectivity index (χ0n) is 82.7. The number of halogens is 1. The number of nitro benzene ring substituents is 4. The van der Waals surface area contributed by atoms with Gasteiger partial charge in [0.1, 0.15) is 0 Å². The van der Waals surface area contributed by atoms with Gasteiger partial charge in [0.25, 0.3) is 35.0 Å². The van der Waals surface area contributed by atoms with Gasteiger partial charge in [0.05, 0.1) is 26.8 Å². The summed E-state index contributed by atoms with van der Waals surface area (Å²) in [6.45, 7) is 18.3. The summed E-state index contributed by atoms with van der Waals surface area (Å²) in [6.07, 6.45) is 18.6. The summed E-state index contributed by atoms with van der Waals surface area (Å²) in [6, 6.07) is 44.5. The molecule has 5 heterocycles. The zero-order chi connectivity index (χ0) is 104. The molecule has 8 amide bonds. The molecule has 0 atom stereocenters. The number of imide groups is 4. The van der Waals surface area contributed by atoms with Crippen molar-refractivity contribution in [3.8, 4) is 0 Å². The Balaban J connectivity index is 0.000000161. The standard InChI is InChI=1S/C36H15BrN4O8.C36H14N4O8.8C4H9.B13.3Sn/c37-27-15-26-30-25(35(44)39(36(26)45)17-3-7-19(8-4-17)41(48)49)13-10-21-20-9-12-23-29-24(14-11-22(28(20)29)31(27)32(21)30)34(43)38(33(23)42)16-1-5-18(6-2-16)40(46)47;41-33-25-13-9-21-23-11-15-27-32-28(36(44)38(35(27)43)18-3-7-20(8-4-18)40(47)48)16-12-24(30(23)32)22-10-14-26(31(25)29(21)22)34(42)37(33)17-1-5-19(6-2-17)39(45)46;8*1-3-4-2;1-8-12(9(2)3)13(10(4)5)11(6)7;;;/h1-15H;1-9,11,13-16H;8*1,3-4H2,2H3;;;;. The van der Waals surface area contributed by atoms with Crippen LogP contribution >= 0.6 is 15.9 Å². The summed E-state index contributed by atoms with van der Waals surface area (Å²) in [5.74, 6) is -4.34. The smallest absolute Gasteiger partial charge is 0.268 e. The number of non-ortho nitro benzene ring substituents is 4. The molecule has 0 bridgehead atoms. The zero-order valence-corrected chi connectivity index (χ0v) is 92.9. The molecule has 0 N–H and O–H groups in total. The first-order valence-electron chi connectivity index (χ1n) is 50.2. The average molecular weight is 2300 g/mol. The van der Waals surface area contributed by atoms with Crippen molar-refractivity contribution in [2.24, 2.45) is 0 Å². The number of benzene rings is 14. The Hall–Kier alpha value is -10.4. The fraction of sp³-hybridized carbons (Fsp3) is 0.308. The SMILES string of the molecule is CCC[CH2][Sn]([CH2]CCC)[CH2]CCC.CCC[CH2][Sn]([CH2]CCC)[CH2]CCC.CCC[CH2][Sn]1([CH2]CCC)[c]2cc3c4c(ccc5c6ccc7c8c(c[c]1c(c2c45)c86)C(=O)N(c1ccc([N+](=O)[O-])cc1)C7=O)C(=O)N(c1ccc([N+](=O)[O-])cc1)C3=O.O=C1c2ccc3c4ccc5c6c(cc(Br)c(c7ccc(c2c37)C(=O)N1c1ccc([N+](=O)[O-])cc1)c64)C(=O)N(c1ccc([N+](=O)[O-])cc1)C5=O.[B][B]B(B([B])[B])B(B([B])[B])B([B])[B]. The van der Waals surface area contributed by atoms with Crippen molar-refractivity contribution in [1.82, 2.24) is 0 Å². The fourth-order valence-electron chi connectivity index (χ4n) is 21.7. The molecule has 17 radical (unpaired) electrons. The maximum atomic E-state index is 14.8. The van der Waals surface area contributed by atoms with Crippen LogP contribution in [0.25, 0.3) is 86.2 Å². The van der Waals surface area contributed by atoms with Crippen molar-refractivity contribution in [1.29, 1.82) is 0 Å². The summed E-state index contributed by atoms with van der Waals surface area (Å²) in [5.41, 5.74) is 2.86. The number of fused-ring (bicyclic) bond motifs is 3. The fourth-order valence-corrected chi connectivity index (χ4v) is 57.9. The molecule has 0 fully saturated rings. The molecule has 41 heteroatoms. The average Bonchev–Trinajstić information content (AvgIpc) is 1.50. The minimum Gasteiger partial charge on any atom is -0.268 e. The van der Waals surface area contributed by atoms with E-state index in [-0.39, 0.29) is 74.1 Å². The van der Waals surface area contributed by atoms with Crippen LogP contribution in [-0.4, -0.2) is 218 Å². The summed E-state index contributed by atoms with van der Waals surface area (Å²) in [5, 5.41) is 56.8. The van der Waals surface area contributed by atoms with Crippen molar-refractivity contribution < 1.29 is 58.0 Å². The Bertz CT molecular complexity index is 7180. The number of carbonyl (C=O) groups excluding carboxylic acids is 8. The summed E-state index contributed by atoms with van der Waals surface area (Å²) < 4.78 is 14.8. The van der Waals surface area contributed by atoms with Crippen LogP contribution in [0.4, 0.5) is 45.5 Å². The minimum atomic E-state index is -3.92. The molecule has 711 valence electrons. The normalized spacial score (nSPS) is 13.6. The molecule has 24 nitrogen and oxygen atoms in total. The van der Waals surface area contributed by atoms with Gasteiger partial charge in [-0.2, -0.15) is 0 Å². The number of nitro groups is 4. The molecule has 0 unspecified atom stereocenters. The van der Waals surface area contributed by atoms with Crippen LogP contribution in [-0.2, 0) is 0 Å². The molecule has 14 aromatic rings. The van der Waals surface area contributed by atoms with Crippen LogP contribution < -0.4 is 26.8 Å². The molecule has 0 aliphatic carbocycles. The van der Waals surface area contributed by atoms with Gasteiger partial charge in [-0.1, -0.05) is 34.1 Å². The van der Waals surface area contributed by atoms with Crippen LogP contribution in [0.1, 0.15) is 241 Å². The molecule has 5 aliphatic rings. The van der Waals surface area contributed by atoms with Crippen molar-refractivity contribution in [2.75, 3.05) is 19.6 Å². The number of nitrogens with zero attached hydrogens (tertiary/aromatic N) is 8. The van der Waals surface area contributed by atoms with Gasteiger partial charge in [-0.15, -0.1) is 0 Å². The number of carbonyl (C=O) groups is 8. The van der Waals surface area contributed by atoms with E-state index in [2.05, 4.69) is 71.3 Å². The van der Waals surface area contributed by atoms with E-state index in [1.54, 1.807) is 81.2 Å². The Morgan fingerprint density at radius 3 is 0.766 bits per heavy atom. The van der Waals surface area contributed by atoms with Gasteiger partial charge in [-0.25, -0.2) is 9.80 Å². The van der Waals surface area contributed by atoms with E-state index in [0.29, 0.717) is 80.6 Å². The molecule has 0 saturated carbocycles. The monoisotopic (exact) mass is 2300 g/mol. The van der Waals surface area contributed by atoms with E-state index in [4.69, 9.17) is 54.2 Å². The molecule has 19 rings (SSSR count). The first kappa shape index (κ1) is 109. The number of anilines is 4. The third-order valence-corrected chi connectivity index (χ3v) is 62.9. The van der Waals surface area contributed by atoms with E-state index in [0.717, 1.165) is 93.6 Å². The van der Waals surface area contributed by atoms with Crippen LogP contribution in [0.15, 0.2) is 180 Å². The second kappa shape index (κ2) is 47.0. The predicted octanol–water partition coefficient (Wildman–Crippen LogP) is 21.4. The van der Waals surface area contributed by atoms with E-state index < -0.39 is 150 Å². The second-order valence-corrected chi connectivity index (χ2v) is 68.2. The summed E-state index contributed by atoms with van der Waals surface area (Å²) >= 11 is -1.92. The Kier molecular flexibility index (Phi) is 35.2. The quantitative estimate of drug-likeness (QED) is 0.00872. The predicted molar refractivity (Wildman–Crippen MR) is 609 cm³/mol. The minimum absolute atomic E-state index is 0.154.